The Morgan fingerprint density at radius 3 is 2.76 bits per heavy atom. The van der Waals surface area contributed by atoms with Gasteiger partial charge in [0.1, 0.15) is 0 Å². The fraction of sp³-hybridized carbons (Fsp3) is 0.429. The van der Waals surface area contributed by atoms with Gasteiger partial charge in [-0.05, 0) is 26.3 Å². The topological polar surface area (TPSA) is 37.8 Å². The summed E-state index contributed by atoms with van der Waals surface area (Å²) >= 11 is 0. The van der Waals surface area contributed by atoms with Crippen molar-refractivity contribution in [1.29, 1.82) is 0 Å². The van der Waals surface area contributed by atoms with Gasteiger partial charge in [0.2, 0.25) is 0 Å². The second kappa shape index (κ2) is 4.70. The second-order valence-corrected chi connectivity index (χ2v) is 5.03. The van der Waals surface area contributed by atoms with E-state index < -0.39 is 0 Å². The normalized spacial score (nSPS) is 11.7. The Labute approximate surface area is 102 Å². The van der Waals surface area contributed by atoms with Crippen LogP contribution in [0.4, 0.5) is 5.69 Å². The highest BCUT2D eigenvalue weighted by Gasteiger charge is 2.17. The van der Waals surface area contributed by atoms with E-state index in [-0.39, 0.29) is 5.54 Å². The summed E-state index contributed by atoms with van der Waals surface area (Å²) in [4.78, 5) is 0. The molecule has 2 aromatic rings. The SMILES string of the molecule is CCCC(C)(C)Nc1cnnc2ccccc12. The summed E-state index contributed by atoms with van der Waals surface area (Å²) in [6.07, 6.45) is 4.10. The number of aromatic nitrogens is 2. The minimum atomic E-state index is 0.0839. The van der Waals surface area contributed by atoms with Gasteiger partial charge in [-0.15, -0.1) is 0 Å². The van der Waals surface area contributed by atoms with Gasteiger partial charge in [-0.25, -0.2) is 0 Å². The van der Waals surface area contributed by atoms with Crippen molar-refractivity contribution in [3.63, 3.8) is 0 Å². The van der Waals surface area contributed by atoms with Crippen LogP contribution in [0.5, 0.6) is 0 Å². The van der Waals surface area contributed by atoms with Crippen LogP contribution in [0.1, 0.15) is 33.6 Å². The lowest BCUT2D eigenvalue weighted by atomic mass is 9.98. The molecule has 17 heavy (non-hydrogen) atoms. The lowest BCUT2D eigenvalue weighted by molar-refractivity contribution is 0.511. The molecule has 1 heterocycles. The Hall–Kier alpha value is -1.64. The molecule has 0 aliphatic carbocycles. The lowest BCUT2D eigenvalue weighted by Gasteiger charge is -2.27. The highest BCUT2D eigenvalue weighted by Crippen LogP contribution is 2.25. The molecule has 90 valence electrons. The highest BCUT2D eigenvalue weighted by atomic mass is 15.1. The monoisotopic (exact) mass is 229 g/mol. The zero-order valence-electron chi connectivity index (χ0n) is 10.7. The van der Waals surface area contributed by atoms with Gasteiger partial charge in [0, 0.05) is 10.9 Å². The van der Waals surface area contributed by atoms with Gasteiger partial charge < -0.3 is 5.32 Å². The number of benzene rings is 1. The molecule has 1 aromatic heterocycles. The predicted octanol–water partition coefficient (Wildman–Crippen LogP) is 3.62. The Kier molecular flexibility index (Phi) is 3.27. The van der Waals surface area contributed by atoms with Crippen molar-refractivity contribution in [3.8, 4) is 0 Å². The molecule has 0 aliphatic heterocycles. The van der Waals surface area contributed by atoms with Crippen LogP contribution in [0.3, 0.4) is 0 Å². The summed E-state index contributed by atoms with van der Waals surface area (Å²) in [6, 6.07) is 8.08. The molecule has 0 aliphatic rings. The second-order valence-electron chi connectivity index (χ2n) is 5.03. The van der Waals surface area contributed by atoms with Crippen LogP contribution >= 0.6 is 0 Å². The average Bonchev–Trinajstić information content (AvgIpc) is 2.29. The number of rotatable bonds is 4. The average molecular weight is 229 g/mol. The summed E-state index contributed by atoms with van der Waals surface area (Å²) in [5.41, 5.74) is 2.08. The van der Waals surface area contributed by atoms with Gasteiger partial charge in [0.25, 0.3) is 0 Å². The van der Waals surface area contributed by atoms with E-state index >= 15 is 0 Å². The molecule has 0 radical (unpaired) electrons. The number of hydrogen-bond acceptors (Lipinski definition) is 3. The molecule has 0 spiro atoms. The standard InChI is InChI=1S/C14H19N3/c1-4-9-14(2,3)16-13-10-15-17-12-8-6-5-7-11(12)13/h5-8,10H,4,9H2,1-3H3,(H,16,17). The molecule has 1 N–H and O–H groups in total. The van der Waals surface area contributed by atoms with Crippen LogP contribution < -0.4 is 5.32 Å². The van der Waals surface area contributed by atoms with Crippen LogP contribution in [0.25, 0.3) is 10.9 Å². The zero-order chi connectivity index (χ0) is 12.3. The summed E-state index contributed by atoms with van der Waals surface area (Å²) in [5.74, 6) is 0. The molecule has 0 atom stereocenters. The molecule has 0 unspecified atom stereocenters. The molecule has 3 heteroatoms. The van der Waals surface area contributed by atoms with Crippen molar-refractivity contribution in [1.82, 2.24) is 10.2 Å². The first kappa shape index (κ1) is 11.8. The number of nitrogens with zero attached hydrogens (tertiary/aromatic N) is 2. The minimum absolute atomic E-state index is 0.0839. The quantitative estimate of drug-likeness (QED) is 0.870. The van der Waals surface area contributed by atoms with E-state index in [1.54, 1.807) is 6.20 Å². The van der Waals surface area contributed by atoms with Crippen molar-refractivity contribution in [3.05, 3.63) is 30.5 Å². The van der Waals surface area contributed by atoms with Gasteiger partial charge in [0.05, 0.1) is 17.4 Å². The third-order valence-corrected chi connectivity index (χ3v) is 2.89. The molecule has 0 saturated carbocycles. The third kappa shape index (κ3) is 2.73. The maximum Gasteiger partial charge on any atom is 0.0950 e. The first-order chi connectivity index (χ1) is 8.12. The molecule has 0 amide bonds. The van der Waals surface area contributed by atoms with E-state index in [0.29, 0.717) is 0 Å². The van der Waals surface area contributed by atoms with E-state index in [2.05, 4.69) is 42.4 Å². The minimum Gasteiger partial charge on any atom is -0.378 e. The van der Waals surface area contributed by atoms with Gasteiger partial charge in [-0.2, -0.15) is 10.2 Å². The van der Waals surface area contributed by atoms with E-state index in [4.69, 9.17) is 0 Å². The number of nitrogens with one attached hydrogen (secondary N) is 1. The molecule has 0 bridgehead atoms. The number of fused-ring (bicyclic) bond motifs is 1. The third-order valence-electron chi connectivity index (χ3n) is 2.89. The Balaban J connectivity index is 2.36. The fourth-order valence-electron chi connectivity index (χ4n) is 2.16. The van der Waals surface area contributed by atoms with E-state index in [1.807, 2.05) is 18.2 Å². The van der Waals surface area contributed by atoms with Crippen molar-refractivity contribution in [2.75, 3.05) is 5.32 Å². The summed E-state index contributed by atoms with van der Waals surface area (Å²) < 4.78 is 0. The van der Waals surface area contributed by atoms with Gasteiger partial charge in [-0.1, -0.05) is 31.5 Å². The molecule has 2 rings (SSSR count). The molecular weight excluding hydrogens is 210 g/mol. The summed E-state index contributed by atoms with van der Waals surface area (Å²) in [7, 11) is 0. The van der Waals surface area contributed by atoms with Crippen LogP contribution in [0.2, 0.25) is 0 Å². The smallest absolute Gasteiger partial charge is 0.0950 e. The van der Waals surface area contributed by atoms with E-state index in [0.717, 1.165) is 29.4 Å². The van der Waals surface area contributed by atoms with Gasteiger partial charge >= 0.3 is 0 Å². The largest absolute Gasteiger partial charge is 0.378 e. The highest BCUT2D eigenvalue weighted by molar-refractivity contribution is 5.90. The van der Waals surface area contributed by atoms with Crippen LogP contribution in [0.15, 0.2) is 30.5 Å². The zero-order valence-corrected chi connectivity index (χ0v) is 10.7. The maximum atomic E-state index is 4.13. The maximum absolute atomic E-state index is 4.13. The lowest BCUT2D eigenvalue weighted by Crippen LogP contribution is -2.30. The Morgan fingerprint density at radius 1 is 1.24 bits per heavy atom. The predicted molar refractivity (Wildman–Crippen MR) is 72.1 cm³/mol. The number of anilines is 1. The Bertz CT molecular complexity index is 500. The summed E-state index contributed by atoms with van der Waals surface area (Å²) in [6.45, 7) is 6.63. The van der Waals surface area contributed by atoms with E-state index in [9.17, 15) is 0 Å². The first-order valence-corrected chi connectivity index (χ1v) is 6.11. The van der Waals surface area contributed by atoms with Gasteiger partial charge in [0.15, 0.2) is 0 Å². The van der Waals surface area contributed by atoms with Crippen molar-refractivity contribution >= 4 is 16.6 Å². The van der Waals surface area contributed by atoms with Crippen LogP contribution in [0, 0.1) is 0 Å². The molecule has 0 saturated heterocycles. The van der Waals surface area contributed by atoms with Crippen LogP contribution in [-0.4, -0.2) is 15.7 Å². The van der Waals surface area contributed by atoms with Crippen molar-refractivity contribution in [2.45, 2.75) is 39.2 Å². The van der Waals surface area contributed by atoms with E-state index in [1.165, 1.54) is 0 Å². The van der Waals surface area contributed by atoms with Crippen LogP contribution in [-0.2, 0) is 0 Å². The molecule has 3 nitrogen and oxygen atoms in total. The fourth-order valence-corrected chi connectivity index (χ4v) is 2.16. The molecular formula is C14H19N3. The van der Waals surface area contributed by atoms with Gasteiger partial charge in [-0.3, -0.25) is 0 Å². The first-order valence-electron chi connectivity index (χ1n) is 6.11. The summed E-state index contributed by atoms with van der Waals surface area (Å²) in [5, 5.41) is 12.9. The Morgan fingerprint density at radius 2 is 2.00 bits per heavy atom. The molecule has 1 aromatic carbocycles. The number of hydrogen-bond donors (Lipinski definition) is 1. The molecule has 0 fully saturated rings. The van der Waals surface area contributed by atoms with Crippen molar-refractivity contribution < 1.29 is 0 Å². The van der Waals surface area contributed by atoms with Crippen molar-refractivity contribution in [2.24, 2.45) is 0 Å².